The molecule has 1 heterocycles. The van der Waals surface area contributed by atoms with Crippen molar-refractivity contribution >= 4 is 46.6 Å². The van der Waals surface area contributed by atoms with Gasteiger partial charge in [-0.15, -0.1) is 10.2 Å². The minimum absolute atomic E-state index is 0.0459. The Labute approximate surface area is 184 Å². The molecule has 158 valence electrons. The molecule has 2 aromatic carbocycles. The van der Waals surface area contributed by atoms with Crippen molar-refractivity contribution in [3.05, 3.63) is 58.1 Å². The van der Waals surface area contributed by atoms with Crippen LogP contribution in [0.15, 0.2) is 47.6 Å². The van der Waals surface area contributed by atoms with Gasteiger partial charge in [-0.25, -0.2) is 0 Å². The van der Waals surface area contributed by atoms with Gasteiger partial charge in [0.15, 0.2) is 11.0 Å². The molecule has 0 spiro atoms. The Morgan fingerprint density at radius 3 is 2.57 bits per heavy atom. The number of nitrogens with one attached hydrogen (secondary N) is 1. The first-order valence-electron chi connectivity index (χ1n) is 8.67. The van der Waals surface area contributed by atoms with Gasteiger partial charge in [-0.2, -0.15) is 13.2 Å². The van der Waals surface area contributed by atoms with Crippen LogP contribution < -0.4 is 5.32 Å². The van der Waals surface area contributed by atoms with E-state index in [4.69, 9.17) is 23.2 Å². The maximum absolute atomic E-state index is 12.8. The van der Waals surface area contributed by atoms with Crippen molar-refractivity contribution in [1.29, 1.82) is 0 Å². The number of amides is 1. The lowest BCUT2D eigenvalue weighted by Gasteiger charge is -2.10. The van der Waals surface area contributed by atoms with Crippen LogP contribution in [0.3, 0.4) is 0 Å². The number of aromatic nitrogens is 3. The average molecular weight is 475 g/mol. The number of rotatable bonds is 6. The van der Waals surface area contributed by atoms with E-state index in [1.807, 2.05) is 11.5 Å². The number of nitrogens with zero attached hydrogens (tertiary/aromatic N) is 3. The first kappa shape index (κ1) is 22.5. The van der Waals surface area contributed by atoms with Crippen LogP contribution >= 0.6 is 35.0 Å². The van der Waals surface area contributed by atoms with Gasteiger partial charge < -0.3 is 9.88 Å². The molecule has 3 aromatic rings. The molecule has 1 amide bonds. The molecule has 30 heavy (non-hydrogen) atoms. The highest BCUT2D eigenvalue weighted by Crippen LogP contribution is 2.31. The number of benzene rings is 2. The molecule has 1 N–H and O–H groups in total. The summed E-state index contributed by atoms with van der Waals surface area (Å²) in [4.78, 5) is 12.2. The van der Waals surface area contributed by atoms with E-state index in [2.05, 4.69) is 15.5 Å². The molecular formula is C19H15Cl2F3N4OS. The van der Waals surface area contributed by atoms with Gasteiger partial charge >= 0.3 is 6.18 Å². The Balaban J connectivity index is 1.69. The van der Waals surface area contributed by atoms with Gasteiger partial charge in [-0.3, -0.25) is 4.79 Å². The van der Waals surface area contributed by atoms with Crippen LogP contribution in [0.2, 0.25) is 10.0 Å². The molecule has 0 fully saturated rings. The van der Waals surface area contributed by atoms with E-state index in [9.17, 15) is 18.0 Å². The molecule has 0 radical (unpaired) electrons. The molecule has 11 heteroatoms. The summed E-state index contributed by atoms with van der Waals surface area (Å²) in [7, 11) is 0. The lowest BCUT2D eigenvalue weighted by molar-refractivity contribution is -0.137. The second-order valence-corrected chi connectivity index (χ2v) is 7.85. The highest BCUT2D eigenvalue weighted by molar-refractivity contribution is 7.99. The zero-order valence-electron chi connectivity index (χ0n) is 15.5. The monoisotopic (exact) mass is 474 g/mol. The van der Waals surface area contributed by atoms with E-state index < -0.39 is 17.6 Å². The van der Waals surface area contributed by atoms with Crippen LogP contribution in [0.5, 0.6) is 0 Å². The van der Waals surface area contributed by atoms with Gasteiger partial charge in [0, 0.05) is 17.8 Å². The van der Waals surface area contributed by atoms with Crippen LogP contribution in [0.25, 0.3) is 11.4 Å². The predicted octanol–water partition coefficient (Wildman–Crippen LogP) is 6.02. The number of hydrogen-bond acceptors (Lipinski definition) is 4. The van der Waals surface area contributed by atoms with Gasteiger partial charge in [-0.1, -0.05) is 41.0 Å². The summed E-state index contributed by atoms with van der Waals surface area (Å²) in [6.45, 7) is 2.44. The smallest absolute Gasteiger partial charge is 0.325 e. The van der Waals surface area contributed by atoms with Crippen LogP contribution in [0.1, 0.15) is 12.5 Å². The third kappa shape index (κ3) is 5.27. The molecule has 0 unspecified atom stereocenters. The summed E-state index contributed by atoms with van der Waals surface area (Å²) in [5.41, 5.74) is -0.0344. The molecule has 5 nitrogen and oxygen atoms in total. The summed E-state index contributed by atoms with van der Waals surface area (Å²) in [6.07, 6.45) is -4.48. The second kappa shape index (κ2) is 9.28. The Hall–Kier alpha value is -2.23. The predicted molar refractivity (Wildman–Crippen MR) is 112 cm³/mol. The minimum Gasteiger partial charge on any atom is -0.325 e. The summed E-state index contributed by atoms with van der Waals surface area (Å²) >= 11 is 13.1. The van der Waals surface area contributed by atoms with Gasteiger partial charge in [0.05, 0.1) is 21.4 Å². The lowest BCUT2D eigenvalue weighted by Crippen LogP contribution is -2.15. The van der Waals surface area contributed by atoms with Crippen molar-refractivity contribution in [2.45, 2.75) is 24.8 Å². The number of carbonyl (C=O) groups excluding carboxylic acids is 1. The van der Waals surface area contributed by atoms with Gasteiger partial charge in [0.25, 0.3) is 0 Å². The first-order chi connectivity index (χ1) is 14.2. The molecule has 0 aliphatic heterocycles. The van der Waals surface area contributed by atoms with E-state index in [0.29, 0.717) is 27.6 Å². The Kier molecular flexibility index (Phi) is 6.95. The SMILES string of the molecule is CCn1c(SCC(=O)Nc2cccc(C(F)(F)F)c2)nnc1-c1ccc(Cl)c(Cl)c1. The normalized spacial score (nSPS) is 11.5. The van der Waals surface area contributed by atoms with Gasteiger partial charge in [0.2, 0.25) is 5.91 Å². The molecule has 1 aromatic heterocycles. The maximum atomic E-state index is 12.8. The van der Waals surface area contributed by atoms with E-state index in [1.165, 1.54) is 12.1 Å². The molecule has 0 saturated carbocycles. The summed E-state index contributed by atoms with van der Waals surface area (Å²) in [5, 5.41) is 12.0. The maximum Gasteiger partial charge on any atom is 0.416 e. The standard InChI is InChI=1S/C19H15Cl2F3N4OS/c1-2-28-17(11-6-7-14(20)15(21)8-11)26-27-18(28)30-10-16(29)25-13-5-3-4-12(9-13)19(22,23)24/h3-9H,2,10H2,1H3,(H,25,29). The molecule has 0 bridgehead atoms. The highest BCUT2D eigenvalue weighted by Gasteiger charge is 2.30. The number of thioether (sulfide) groups is 1. The highest BCUT2D eigenvalue weighted by atomic mass is 35.5. The van der Waals surface area contributed by atoms with Crippen molar-refractivity contribution in [3.63, 3.8) is 0 Å². The van der Waals surface area contributed by atoms with Crippen molar-refractivity contribution in [1.82, 2.24) is 14.8 Å². The molecule has 0 atom stereocenters. The van der Waals surface area contributed by atoms with E-state index in [-0.39, 0.29) is 11.4 Å². The van der Waals surface area contributed by atoms with Crippen molar-refractivity contribution < 1.29 is 18.0 Å². The minimum atomic E-state index is -4.48. The van der Waals surface area contributed by atoms with Crippen molar-refractivity contribution in [2.24, 2.45) is 0 Å². The molecular weight excluding hydrogens is 460 g/mol. The van der Waals surface area contributed by atoms with Crippen LogP contribution in [-0.2, 0) is 17.5 Å². The summed E-state index contributed by atoms with van der Waals surface area (Å²) < 4.78 is 40.2. The number of anilines is 1. The zero-order valence-corrected chi connectivity index (χ0v) is 17.8. The van der Waals surface area contributed by atoms with Crippen LogP contribution in [-0.4, -0.2) is 26.4 Å². The molecule has 0 aliphatic carbocycles. The number of halogens is 5. The van der Waals surface area contributed by atoms with Gasteiger partial charge in [-0.05, 0) is 43.3 Å². The lowest BCUT2D eigenvalue weighted by atomic mass is 10.2. The largest absolute Gasteiger partial charge is 0.416 e. The van der Waals surface area contributed by atoms with E-state index in [0.717, 1.165) is 29.5 Å². The quantitative estimate of drug-likeness (QED) is 0.443. The van der Waals surface area contributed by atoms with E-state index >= 15 is 0 Å². The van der Waals surface area contributed by atoms with Crippen molar-refractivity contribution in [2.75, 3.05) is 11.1 Å². The third-order valence-electron chi connectivity index (χ3n) is 4.02. The Morgan fingerprint density at radius 1 is 1.13 bits per heavy atom. The fourth-order valence-electron chi connectivity index (χ4n) is 2.63. The number of hydrogen-bond donors (Lipinski definition) is 1. The molecule has 0 saturated heterocycles. The number of alkyl halides is 3. The topological polar surface area (TPSA) is 59.8 Å². The average Bonchev–Trinajstić information content (AvgIpc) is 3.11. The summed E-state index contributed by atoms with van der Waals surface area (Å²) in [6, 6.07) is 9.56. The zero-order chi connectivity index (χ0) is 21.9. The second-order valence-electron chi connectivity index (χ2n) is 6.09. The third-order valence-corrected chi connectivity index (χ3v) is 5.72. The molecule has 0 aliphatic rings. The van der Waals surface area contributed by atoms with Crippen molar-refractivity contribution in [3.8, 4) is 11.4 Å². The fourth-order valence-corrected chi connectivity index (χ4v) is 3.73. The number of carbonyl (C=O) groups is 1. The van der Waals surface area contributed by atoms with Crippen LogP contribution in [0.4, 0.5) is 18.9 Å². The van der Waals surface area contributed by atoms with E-state index in [1.54, 1.807) is 18.2 Å². The van der Waals surface area contributed by atoms with Gasteiger partial charge in [0.1, 0.15) is 0 Å². The van der Waals surface area contributed by atoms with Crippen LogP contribution in [0, 0.1) is 0 Å². The Morgan fingerprint density at radius 2 is 1.90 bits per heavy atom. The fraction of sp³-hybridized carbons (Fsp3) is 0.211. The molecule has 3 rings (SSSR count). The Bertz CT molecular complexity index is 1070. The first-order valence-corrected chi connectivity index (χ1v) is 10.4. The summed E-state index contributed by atoms with van der Waals surface area (Å²) in [5.74, 6) is 0.0633.